The van der Waals surface area contributed by atoms with Gasteiger partial charge in [0.25, 0.3) is 0 Å². The first-order valence-electron chi connectivity index (χ1n) is 9.87. The molecule has 0 fully saturated rings. The van der Waals surface area contributed by atoms with Crippen molar-refractivity contribution in [2.24, 2.45) is 0 Å². The number of likely N-dealkylation sites (N-methyl/N-ethyl adjacent to an activating group) is 1. The Kier molecular flexibility index (Phi) is 7.03. The second-order valence-corrected chi connectivity index (χ2v) is 7.36. The number of amides is 2. The van der Waals surface area contributed by atoms with Crippen molar-refractivity contribution in [2.75, 3.05) is 25.5 Å². The minimum absolute atomic E-state index is 0.0232. The van der Waals surface area contributed by atoms with Crippen LogP contribution in [0.15, 0.2) is 71.3 Å². The van der Waals surface area contributed by atoms with E-state index in [9.17, 15) is 9.59 Å². The number of carbonyl (C=O) groups excluding carboxylic acids is 2. The van der Waals surface area contributed by atoms with Gasteiger partial charge in [0, 0.05) is 12.7 Å². The molecule has 3 aromatic rings. The lowest BCUT2D eigenvalue weighted by Gasteiger charge is -2.21. The Labute approximate surface area is 176 Å². The highest BCUT2D eigenvalue weighted by atomic mass is 16.3. The van der Waals surface area contributed by atoms with E-state index in [1.807, 2.05) is 74.5 Å². The zero-order valence-electron chi connectivity index (χ0n) is 17.5. The van der Waals surface area contributed by atoms with Crippen molar-refractivity contribution in [3.63, 3.8) is 0 Å². The summed E-state index contributed by atoms with van der Waals surface area (Å²) in [6.07, 6.45) is 1.61. The predicted octanol–water partition coefficient (Wildman–Crippen LogP) is 3.67. The van der Waals surface area contributed by atoms with Gasteiger partial charge in [-0.05, 0) is 48.7 Å². The van der Waals surface area contributed by atoms with E-state index in [4.69, 9.17) is 4.42 Å². The lowest BCUT2D eigenvalue weighted by atomic mass is 10.0. The maximum Gasteiger partial charge on any atom is 0.243 e. The molecule has 1 heterocycles. The standard InChI is InChI=1S/C24H27N3O3/c1-17-11-12-18(2)20(14-17)26-22(28)16-27(3)23(29)15-25-24(21-10-7-13-30-21)19-8-5-4-6-9-19/h4-14,24-25H,15-16H2,1-3H3,(H,26,28)/t24-/m0/s1. The molecule has 1 atom stereocenters. The zero-order chi connectivity index (χ0) is 21.5. The number of carbonyl (C=O) groups is 2. The normalized spacial score (nSPS) is 11.7. The second-order valence-electron chi connectivity index (χ2n) is 7.36. The van der Waals surface area contributed by atoms with Gasteiger partial charge in [-0.25, -0.2) is 0 Å². The molecule has 1 aromatic heterocycles. The molecule has 2 aromatic carbocycles. The van der Waals surface area contributed by atoms with Crippen LogP contribution in [0.3, 0.4) is 0 Å². The fraction of sp³-hybridized carbons (Fsp3) is 0.250. The van der Waals surface area contributed by atoms with Gasteiger partial charge in [0.2, 0.25) is 11.8 Å². The van der Waals surface area contributed by atoms with Crippen LogP contribution in [0.2, 0.25) is 0 Å². The summed E-state index contributed by atoms with van der Waals surface area (Å²) in [5, 5.41) is 6.12. The minimum atomic E-state index is -0.248. The number of anilines is 1. The molecule has 0 bridgehead atoms. The molecular weight excluding hydrogens is 378 g/mol. The van der Waals surface area contributed by atoms with Crippen LogP contribution in [-0.4, -0.2) is 36.9 Å². The zero-order valence-corrected chi connectivity index (χ0v) is 17.5. The number of aryl methyl sites for hydroxylation is 2. The number of benzene rings is 2. The molecule has 2 amide bonds. The van der Waals surface area contributed by atoms with E-state index in [1.54, 1.807) is 13.3 Å². The van der Waals surface area contributed by atoms with E-state index in [0.29, 0.717) is 0 Å². The summed E-state index contributed by atoms with van der Waals surface area (Å²) in [6.45, 7) is 3.96. The molecule has 0 saturated carbocycles. The number of nitrogens with one attached hydrogen (secondary N) is 2. The minimum Gasteiger partial charge on any atom is -0.467 e. The number of hydrogen-bond donors (Lipinski definition) is 2. The molecule has 0 unspecified atom stereocenters. The van der Waals surface area contributed by atoms with Crippen molar-refractivity contribution in [3.05, 3.63) is 89.4 Å². The van der Waals surface area contributed by atoms with E-state index in [-0.39, 0.29) is 30.9 Å². The Balaban J connectivity index is 1.58. The van der Waals surface area contributed by atoms with Crippen LogP contribution in [0.1, 0.15) is 28.5 Å². The molecule has 0 radical (unpaired) electrons. The van der Waals surface area contributed by atoms with Crippen LogP contribution in [0, 0.1) is 13.8 Å². The maximum atomic E-state index is 12.6. The molecule has 0 aliphatic carbocycles. The van der Waals surface area contributed by atoms with Gasteiger partial charge in [-0.3, -0.25) is 14.9 Å². The number of hydrogen-bond acceptors (Lipinski definition) is 4. The van der Waals surface area contributed by atoms with E-state index >= 15 is 0 Å². The molecule has 3 rings (SSSR count). The molecule has 0 aliphatic heterocycles. The topological polar surface area (TPSA) is 74.6 Å². The largest absolute Gasteiger partial charge is 0.467 e. The van der Waals surface area contributed by atoms with Crippen molar-refractivity contribution in [1.82, 2.24) is 10.2 Å². The van der Waals surface area contributed by atoms with Crippen LogP contribution in [-0.2, 0) is 9.59 Å². The van der Waals surface area contributed by atoms with Gasteiger partial charge < -0.3 is 14.6 Å². The Morgan fingerprint density at radius 2 is 1.80 bits per heavy atom. The monoisotopic (exact) mass is 405 g/mol. The van der Waals surface area contributed by atoms with Gasteiger partial charge >= 0.3 is 0 Å². The summed E-state index contributed by atoms with van der Waals surface area (Å²) in [6, 6.07) is 19.1. The third-order valence-electron chi connectivity index (χ3n) is 4.89. The van der Waals surface area contributed by atoms with Crippen LogP contribution < -0.4 is 10.6 Å². The number of nitrogens with zero attached hydrogens (tertiary/aromatic N) is 1. The highest BCUT2D eigenvalue weighted by Crippen LogP contribution is 2.22. The Hall–Kier alpha value is -3.38. The van der Waals surface area contributed by atoms with E-state index in [0.717, 1.165) is 28.1 Å². The fourth-order valence-electron chi connectivity index (χ4n) is 3.17. The molecular formula is C24H27N3O3. The molecule has 2 N–H and O–H groups in total. The van der Waals surface area contributed by atoms with E-state index in [1.165, 1.54) is 4.90 Å². The molecule has 0 saturated heterocycles. The average Bonchev–Trinajstić information content (AvgIpc) is 3.26. The van der Waals surface area contributed by atoms with E-state index < -0.39 is 0 Å². The summed E-state index contributed by atoms with van der Waals surface area (Å²) in [5.41, 5.74) is 3.81. The summed E-state index contributed by atoms with van der Waals surface area (Å²) < 4.78 is 5.54. The number of furan rings is 1. The van der Waals surface area contributed by atoms with Crippen molar-refractivity contribution in [2.45, 2.75) is 19.9 Å². The van der Waals surface area contributed by atoms with Crippen LogP contribution in [0.5, 0.6) is 0 Å². The van der Waals surface area contributed by atoms with Crippen molar-refractivity contribution >= 4 is 17.5 Å². The van der Waals surface area contributed by atoms with Gasteiger partial charge in [0.05, 0.1) is 25.4 Å². The van der Waals surface area contributed by atoms with E-state index in [2.05, 4.69) is 10.6 Å². The molecule has 6 nitrogen and oxygen atoms in total. The average molecular weight is 405 g/mol. The highest BCUT2D eigenvalue weighted by molar-refractivity contribution is 5.95. The predicted molar refractivity (Wildman–Crippen MR) is 117 cm³/mol. The molecule has 6 heteroatoms. The maximum absolute atomic E-state index is 12.6. The third kappa shape index (κ3) is 5.58. The van der Waals surface area contributed by atoms with Crippen LogP contribution in [0.25, 0.3) is 0 Å². The molecule has 0 spiro atoms. The van der Waals surface area contributed by atoms with Crippen molar-refractivity contribution in [1.29, 1.82) is 0 Å². The van der Waals surface area contributed by atoms with Gasteiger partial charge in [-0.15, -0.1) is 0 Å². The van der Waals surface area contributed by atoms with Gasteiger partial charge in [0.15, 0.2) is 0 Å². The quantitative estimate of drug-likeness (QED) is 0.600. The van der Waals surface area contributed by atoms with Crippen molar-refractivity contribution < 1.29 is 14.0 Å². The Morgan fingerprint density at radius 1 is 1.03 bits per heavy atom. The first-order chi connectivity index (χ1) is 14.4. The Bertz CT molecular complexity index is 984. The summed E-state index contributed by atoms with van der Waals surface area (Å²) in [7, 11) is 1.62. The third-order valence-corrected chi connectivity index (χ3v) is 4.89. The van der Waals surface area contributed by atoms with Gasteiger partial charge in [0.1, 0.15) is 5.76 Å². The van der Waals surface area contributed by atoms with Gasteiger partial charge in [-0.2, -0.15) is 0 Å². The smallest absolute Gasteiger partial charge is 0.243 e. The molecule has 0 aliphatic rings. The first-order valence-corrected chi connectivity index (χ1v) is 9.87. The summed E-state index contributed by atoms with van der Waals surface area (Å²) in [5.74, 6) is 0.313. The SMILES string of the molecule is Cc1ccc(C)c(NC(=O)CN(C)C(=O)CN[C@@H](c2ccccc2)c2ccco2)c1. The lowest BCUT2D eigenvalue weighted by molar-refractivity contribution is -0.132. The molecule has 30 heavy (non-hydrogen) atoms. The van der Waals surface area contributed by atoms with Crippen LogP contribution in [0.4, 0.5) is 5.69 Å². The first kappa shape index (κ1) is 21.3. The second kappa shape index (κ2) is 9.89. The summed E-state index contributed by atoms with van der Waals surface area (Å²) in [4.78, 5) is 26.4. The fourth-order valence-corrected chi connectivity index (χ4v) is 3.17. The molecule has 156 valence electrons. The van der Waals surface area contributed by atoms with Crippen molar-refractivity contribution in [3.8, 4) is 0 Å². The van der Waals surface area contributed by atoms with Gasteiger partial charge in [-0.1, -0.05) is 42.5 Å². The highest BCUT2D eigenvalue weighted by Gasteiger charge is 2.19. The summed E-state index contributed by atoms with van der Waals surface area (Å²) >= 11 is 0. The van der Waals surface area contributed by atoms with Crippen LogP contribution >= 0.6 is 0 Å². The lowest BCUT2D eigenvalue weighted by Crippen LogP contribution is -2.41. The Morgan fingerprint density at radius 3 is 2.50 bits per heavy atom. The number of rotatable bonds is 8.